The zero-order valence-electron chi connectivity index (χ0n) is 11.4. The van der Waals surface area contributed by atoms with Crippen LogP contribution < -0.4 is 5.73 Å². The molecule has 1 aliphatic heterocycles. The molecule has 1 fully saturated rings. The molecule has 0 saturated carbocycles. The second-order valence-corrected chi connectivity index (χ2v) is 5.83. The van der Waals surface area contributed by atoms with Gasteiger partial charge in [-0.15, -0.1) is 0 Å². The lowest BCUT2D eigenvalue weighted by Gasteiger charge is -2.24. The van der Waals surface area contributed by atoms with Gasteiger partial charge in [0.1, 0.15) is 5.82 Å². The second-order valence-electron chi connectivity index (χ2n) is 5.43. The van der Waals surface area contributed by atoms with Crippen molar-refractivity contribution in [3.63, 3.8) is 0 Å². The van der Waals surface area contributed by atoms with Crippen LogP contribution in [0.15, 0.2) is 12.1 Å². The van der Waals surface area contributed by atoms with E-state index in [0.29, 0.717) is 29.6 Å². The highest BCUT2D eigenvalue weighted by molar-refractivity contribution is 6.31. The zero-order valence-corrected chi connectivity index (χ0v) is 12.2. The molecule has 108 valence electrons. The molecule has 0 amide bonds. The average molecular weight is 297 g/mol. The maximum atomic E-state index is 13.7. The van der Waals surface area contributed by atoms with Gasteiger partial charge >= 0.3 is 0 Å². The van der Waals surface area contributed by atoms with Gasteiger partial charge in [-0.25, -0.2) is 9.37 Å². The minimum Gasteiger partial charge on any atom is -0.369 e. The summed E-state index contributed by atoms with van der Waals surface area (Å²) in [6.45, 7) is 5.12. The number of nitrogens with zero attached hydrogens (tertiary/aromatic N) is 3. The number of nitrogens with two attached hydrogens (primary N) is 1. The third-order valence-corrected chi connectivity index (χ3v) is 4.32. The first-order valence-corrected chi connectivity index (χ1v) is 7.29. The molecule has 1 atom stereocenters. The summed E-state index contributed by atoms with van der Waals surface area (Å²) in [7, 11) is 0. The number of fused-ring (bicyclic) bond motifs is 1. The summed E-state index contributed by atoms with van der Waals surface area (Å²) in [6.07, 6.45) is 2.49. The number of nitrogen functional groups attached to an aromatic ring is 1. The molecule has 1 unspecified atom stereocenters. The van der Waals surface area contributed by atoms with Crippen molar-refractivity contribution in [1.29, 1.82) is 0 Å². The molecule has 2 N–H and O–H groups in total. The van der Waals surface area contributed by atoms with Crippen LogP contribution in [-0.4, -0.2) is 33.6 Å². The largest absolute Gasteiger partial charge is 0.369 e. The number of aromatic nitrogens is 2. The average Bonchev–Trinajstić information content (AvgIpc) is 3.01. The molecule has 1 aromatic heterocycles. The van der Waals surface area contributed by atoms with Crippen molar-refractivity contribution in [2.45, 2.75) is 32.4 Å². The van der Waals surface area contributed by atoms with Gasteiger partial charge < -0.3 is 10.3 Å². The molecule has 0 aliphatic carbocycles. The molecule has 2 aromatic rings. The second kappa shape index (κ2) is 5.22. The Balaban J connectivity index is 1.94. The molecule has 1 aromatic carbocycles. The van der Waals surface area contributed by atoms with Crippen LogP contribution in [0.25, 0.3) is 11.0 Å². The molecule has 0 spiro atoms. The van der Waals surface area contributed by atoms with Gasteiger partial charge in [-0.3, -0.25) is 4.90 Å². The number of imidazole rings is 1. The van der Waals surface area contributed by atoms with Gasteiger partial charge in [-0.1, -0.05) is 11.6 Å². The molecular formula is C14H18ClFN4. The summed E-state index contributed by atoms with van der Waals surface area (Å²) in [6, 6.07) is 3.30. The summed E-state index contributed by atoms with van der Waals surface area (Å²) in [5.41, 5.74) is 7.31. The smallest absolute Gasteiger partial charge is 0.201 e. The molecule has 3 rings (SSSR count). The quantitative estimate of drug-likeness (QED) is 0.947. The van der Waals surface area contributed by atoms with Crippen molar-refractivity contribution in [1.82, 2.24) is 14.5 Å². The van der Waals surface area contributed by atoms with Crippen LogP contribution >= 0.6 is 11.6 Å². The van der Waals surface area contributed by atoms with Crippen LogP contribution in [0, 0.1) is 5.82 Å². The van der Waals surface area contributed by atoms with Crippen LogP contribution in [-0.2, 0) is 6.54 Å². The fourth-order valence-electron chi connectivity index (χ4n) is 2.89. The first-order valence-electron chi connectivity index (χ1n) is 6.91. The highest BCUT2D eigenvalue weighted by Crippen LogP contribution is 2.25. The molecule has 1 aliphatic rings. The lowest BCUT2D eigenvalue weighted by atomic mass is 10.2. The Morgan fingerprint density at radius 1 is 1.40 bits per heavy atom. The van der Waals surface area contributed by atoms with Gasteiger partial charge in [0.05, 0.1) is 16.1 Å². The van der Waals surface area contributed by atoms with Crippen molar-refractivity contribution < 1.29 is 4.39 Å². The Bertz CT molecular complexity index is 634. The molecular weight excluding hydrogens is 279 g/mol. The minimum absolute atomic E-state index is 0.0785. The zero-order chi connectivity index (χ0) is 14.3. The van der Waals surface area contributed by atoms with Crippen LogP contribution in [0.5, 0.6) is 0 Å². The number of rotatable bonds is 3. The summed E-state index contributed by atoms with van der Waals surface area (Å²) < 4.78 is 15.5. The maximum Gasteiger partial charge on any atom is 0.201 e. The van der Waals surface area contributed by atoms with Crippen LogP contribution in [0.3, 0.4) is 0 Å². The molecule has 0 radical (unpaired) electrons. The fourth-order valence-corrected chi connectivity index (χ4v) is 3.05. The standard InChI is InChI=1S/C14H18ClFN4/c1-9(19-4-2-3-5-19)8-20-13-7-11(16)10(15)6-12(13)18-14(20)17/h6-7,9H,2-5,8H2,1H3,(H2,17,18). The topological polar surface area (TPSA) is 47.1 Å². The van der Waals surface area contributed by atoms with E-state index in [1.54, 1.807) is 0 Å². The van der Waals surface area contributed by atoms with E-state index in [0.717, 1.165) is 13.1 Å². The van der Waals surface area contributed by atoms with Crippen LogP contribution in [0.1, 0.15) is 19.8 Å². The summed E-state index contributed by atoms with van der Waals surface area (Å²) in [5.74, 6) is -0.0261. The lowest BCUT2D eigenvalue weighted by molar-refractivity contribution is 0.238. The summed E-state index contributed by atoms with van der Waals surface area (Å²) in [5, 5.41) is 0.0785. The van der Waals surface area contributed by atoms with Crippen molar-refractivity contribution in [3.8, 4) is 0 Å². The van der Waals surface area contributed by atoms with Crippen molar-refractivity contribution in [3.05, 3.63) is 23.0 Å². The number of anilines is 1. The Kier molecular flexibility index (Phi) is 3.56. The monoisotopic (exact) mass is 296 g/mol. The van der Waals surface area contributed by atoms with E-state index < -0.39 is 5.82 Å². The third kappa shape index (κ3) is 2.36. The molecule has 1 saturated heterocycles. The van der Waals surface area contributed by atoms with Crippen molar-refractivity contribution in [2.24, 2.45) is 0 Å². The van der Waals surface area contributed by atoms with Crippen molar-refractivity contribution in [2.75, 3.05) is 18.8 Å². The van der Waals surface area contributed by atoms with Gasteiger partial charge in [0.2, 0.25) is 5.95 Å². The van der Waals surface area contributed by atoms with Gasteiger partial charge in [-0.2, -0.15) is 0 Å². The summed E-state index contributed by atoms with van der Waals surface area (Å²) in [4.78, 5) is 6.69. The molecule has 4 nitrogen and oxygen atoms in total. The van der Waals surface area contributed by atoms with E-state index in [4.69, 9.17) is 17.3 Å². The fraction of sp³-hybridized carbons (Fsp3) is 0.500. The Hall–Kier alpha value is -1.33. The van der Waals surface area contributed by atoms with Gasteiger partial charge in [-0.05, 0) is 38.9 Å². The van der Waals surface area contributed by atoms with Crippen LogP contribution in [0.4, 0.5) is 10.3 Å². The number of likely N-dealkylation sites (tertiary alicyclic amines) is 1. The molecule has 2 heterocycles. The van der Waals surface area contributed by atoms with E-state index in [1.807, 2.05) is 4.57 Å². The van der Waals surface area contributed by atoms with E-state index in [9.17, 15) is 4.39 Å². The normalized spacial score (nSPS) is 17.9. The SMILES string of the molecule is CC(Cn1c(N)nc2cc(Cl)c(F)cc21)N1CCCC1. The number of halogens is 2. The minimum atomic E-state index is -0.436. The third-order valence-electron chi connectivity index (χ3n) is 4.03. The van der Waals surface area contributed by atoms with Crippen LogP contribution in [0.2, 0.25) is 5.02 Å². The molecule has 6 heteroatoms. The van der Waals surface area contributed by atoms with Crippen molar-refractivity contribution >= 4 is 28.6 Å². The highest BCUT2D eigenvalue weighted by Gasteiger charge is 2.20. The Labute approximate surface area is 122 Å². The van der Waals surface area contributed by atoms with E-state index in [2.05, 4.69) is 16.8 Å². The van der Waals surface area contributed by atoms with Gasteiger partial charge in [0, 0.05) is 18.7 Å². The van der Waals surface area contributed by atoms with E-state index in [1.165, 1.54) is 25.0 Å². The first kappa shape index (κ1) is 13.6. The Morgan fingerprint density at radius 3 is 2.80 bits per heavy atom. The summed E-state index contributed by atoms with van der Waals surface area (Å²) >= 11 is 5.79. The molecule has 20 heavy (non-hydrogen) atoms. The predicted molar refractivity (Wildman–Crippen MR) is 79.4 cm³/mol. The first-order chi connectivity index (χ1) is 9.56. The van der Waals surface area contributed by atoms with Gasteiger partial charge in [0.15, 0.2) is 0 Å². The number of hydrogen-bond acceptors (Lipinski definition) is 3. The van der Waals surface area contributed by atoms with E-state index >= 15 is 0 Å². The highest BCUT2D eigenvalue weighted by atomic mass is 35.5. The maximum absolute atomic E-state index is 13.7. The predicted octanol–water partition coefficient (Wildman–Crippen LogP) is 2.90. The lowest BCUT2D eigenvalue weighted by Crippen LogP contribution is -2.33. The number of hydrogen-bond donors (Lipinski definition) is 1. The number of benzene rings is 1. The van der Waals surface area contributed by atoms with Gasteiger partial charge in [0.25, 0.3) is 0 Å². The Morgan fingerprint density at radius 2 is 2.10 bits per heavy atom. The molecule has 0 bridgehead atoms. The van der Waals surface area contributed by atoms with E-state index in [-0.39, 0.29) is 5.02 Å².